The number of amides is 1. The van der Waals surface area contributed by atoms with E-state index in [1.807, 2.05) is 23.1 Å². The molecule has 8 heteroatoms. The molecule has 1 aromatic carbocycles. The first-order valence-corrected chi connectivity index (χ1v) is 10.6. The lowest BCUT2D eigenvalue weighted by atomic mass is 10.1. The van der Waals surface area contributed by atoms with Crippen LogP contribution in [0.5, 0.6) is 5.75 Å². The third-order valence-electron chi connectivity index (χ3n) is 5.75. The van der Waals surface area contributed by atoms with Crippen molar-refractivity contribution in [3.05, 3.63) is 35.2 Å². The molecule has 0 bridgehead atoms. The number of epoxide rings is 1. The van der Waals surface area contributed by atoms with E-state index in [1.165, 1.54) is 0 Å². The summed E-state index contributed by atoms with van der Waals surface area (Å²) in [6, 6.07) is 5.67. The molecule has 0 aliphatic carbocycles. The average molecular weight is 422 g/mol. The second-order valence-electron chi connectivity index (χ2n) is 8.85. The summed E-state index contributed by atoms with van der Waals surface area (Å²) in [5, 5.41) is 9.94. The number of hydrogen-bond donors (Lipinski definition) is 2. The van der Waals surface area contributed by atoms with Gasteiger partial charge in [-0.05, 0) is 38.5 Å². The lowest BCUT2D eigenvalue weighted by Crippen LogP contribution is -2.30. The number of fused-ring (bicyclic) bond motifs is 3. The van der Waals surface area contributed by atoms with Gasteiger partial charge in [-0.25, -0.2) is 4.98 Å². The van der Waals surface area contributed by atoms with Crippen molar-refractivity contribution in [1.82, 2.24) is 14.5 Å². The second-order valence-corrected chi connectivity index (χ2v) is 8.85. The molecule has 2 saturated heterocycles. The Balaban J connectivity index is 1.62. The van der Waals surface area contributed by atoms with E-state index >= 15 is 0 Å². The first-order chi connectivity index (χ1) is 14.7. The molecule has 2 aromatic rings. The normalized spacial score (nSPS) is 22.2. The minimum absolute atomic E-state index is 0.152. The number of benzene rings is 1. The highest BCUT2D eigenvalue weighted by Gasteiger charge is 2.48. The van der Waals surface area contributed by atoms with Crippen molar-refractivity contribution in [2.24, 2.45) is 5.73 Å². The number of aliphatic hydroxyl groups is 1. The zero-order valence-corrected chi connectivity index (χ0v) is 17.8. The van der Waals surface area contributed by atoms with Gasteiger partial charge in [0.1, 0.15) is 29.5 Å². The van der Waals surface area contributed by atoms with Crippen LogP contribution < -0.4 is 10.5 Å². The summed E-state index contributed by atoms with van der Waals surface area (Å²) in [4.78, 5) is 19.0. The first kappa shape index (κ1) is 20.1. The van der Waals surface area contributed by atoms with E-state index in [1.54, 1.807) is 13.8 Å². The van der Waals surface area contributed by atoms with Gasteiger partial charge in [0.2, 0.25) is 5.91 Å². The molecule has 2 fully saturated rings. The molecule has 0 spiro atoms. The molecular formula is C23H26N4O4. The maximum atomic E-state index is 12.3. The van der Waals surface area contributed by atoms with Crippen molar-refractivity contribution in [1.29, 1.82) is 0 Å². The molecule has 1 unspecified atom stereocenters. The zero-order valence-electron chi connectivity index (χ0n) is 17.8. The number of aromatic nitrogens is 2. The molecule has 3 aliphatic rings. The van der Waals surface area contributed by atoms with Crippen LogP contribution in [-0.2, 0) is 28.3 Å². The van der Waals surface area contributed by atoms with Gasteiger partial charge in [0.05, 0.1) is 31.0 Å². The van der Waals surface area contributed by atoms with Crippen LogP contribution in [0.2, 0.25) is 0 Å². The predicted molar refractivity (Wildman–Crippen MR) is 113 cm³/mol. The Hall–Kier alpha value is -2.86. The van der Waals surface area contributed by atoms with E-state index in [4.69, 9.17) is 20.2 Å². The number of imidazole rings is 1. The maximum Gasteiger partial charge on any atom is 0.222 e. The fourth-order valence-corrected chi connectivity index (χ4v) is 4.08. The van der Waals surface area contributed by atoms with Crippen molar-refractivity contribution >= 4 is 5.91 Å². The topological polar surface area (TPSA) is 106 Å². The number of hydrogen-bond acceptors (Lipinski definition) is 6. The van der Waals surface area contributed by atoms with Gasteiger partial charge in [-0.15, -0.1) is 0 Å². The molecule has 3 N–H and O–H groups in total. The summed E-state index contributed by atoms with van der Waals surface area (Å²) >= 11 is 0. The van der Waals surface area contributed by atoms with Crippen molar-refractivity contribution < 1.29 is 19.4 Å². The molecule has 0 saturated carbocycles. The Kier molecular flexibility index (Phi) is 4.59. The largest absolute Gasteiger partial charge is 0.491 e. The number of rotatable bonds is 3. The molecular weight excluding hydrogens is 396 g/mol. The highest BCUT2D eigenvalue weighted by atomic mass is 16.6. The van der Waals surface area contributed by atoms with Gasteiger partial charge >= 0.3 is 0 Å². The summed E-state index contributed by atoms with van der Waals surface area (Å²) in [7, 11) is 0. The van der Waals surface area contributed by atoms with E-state index in [9.17, 15) is 9.90 Å². The summed E-state index contributed by atoms with van der Waals surface area (Å²) in [6.07, 6.45) is 1.45. The molecule has 8 nitrogen and oxygen atoms in total. The van der Waals surface area contributed by atoms with Gasteiger partial charge in [0.15, 0.2) is 5.72 Å². The van der Waals surface area contributed by atoms with E-state index in [2.05, 4.69) is 16.4 Å². The molecule has 162 valence electrons. The number of nitrogens with zero attached hydrogens (tertiary/aromatic N) is 3. The molecule has 5 rings (SSSR count). The SMILES string of the molecule is CC(C)(O)C#Cc1ccc2c(c1)-c1nc(C3(N)CO3)c(CN3CCCC3=O)n1CCO2. The van der Waals surface area contributed by atoms with E-state index in [0.29, 0.717) is 38.4 Å². The third kappa shape index (κ3) is 3.81. The Morgan fingerprint density at radius 2 is 2.16 bits per heavy atom. The number of carbonyl (C=O) groups excluding carboxylic acids is 1. The van der Waals surface area contributed by atoms with Crippen LogP contribution in [0, 0.1) is 11.8 Å². The van der Waals surface area contributed by atoms with Crippen LogP contribution in [-0.4, -0.2) is 50.8 Å². The molecule has 3 aliphatic heterocycles. The summed E-state index contributed by atoms with van der Waals surface area (Å²) in [5.41, 5.74) is 7.55. The molecule has 4 heterocycles. The predicted octanol–water partition coefficient (Wildman–Crippen LogP) is 1.33. The highest BCUT2D eigenvalue weighted by Crippen LogP contribution is 2.40. The summed E-state index contributed by atoms with van der Waals surface area (Å²) in [5.74, 6) is 7.46. The summed E-state index contributed by atoms with van der Waals surface area (Å²) in [6.45, 7) is 5.96. The minimum Gasteiger partial charge on any atom is -0.491 e. The minimum atomic E-state index is -1.08. The van der Waals surface area contributed by atoms with Gasteiger partial charge < -0.3 is 24.0 Å². The van der Waals surface area contributed by atoms with Crippen molar-refractivity contribution in [3.63, 3.8) is 0 Å². The fraction of sp³-hybridized carbons (Fsp3) is 0.478. The third-order valence-corrected chi connectivity index (χ3v) is 5.75. The highest BCUT2D eigenvalue weighted by molar-refractivity contribution is 5.78. The number of likely N-dealkylation sites (tertiary alicyclic amines) is 1. The number of carbonyl (C=O) groups is 1. The Labute approximate surface area is 181 Å². The molecule has 1 atom stereocenters. The van der Waals surface area contributed by atoms with Gasteiger partial charge in [-0.2, -0.15) is 0 Å². The van der Waals surface area contributed by atoms with E-state index in [0.717, 1.165) is 41.4 Å². The van der Waals surface area contributed by atoms with Crippen molar-refractivity contribution in [3.8, 4) is 29.0 Å². The van der Waals surface area contributed by atoms with Crippen LogP contribution in [0.3, 0.4) is 0 Å². The zero-order chi connectivity index (χ0) is 21.8. The molecule has 1 amide bonds. The van der Waals surface area contributed by atoms with Crippen molar-refractivity contribution in [2.75, 3.05) is 19.8 Å². The number of ether oxygens (including phenoxy) is 2. The van der Waals surface area contributed by atoms with E-state index < -0.39 is 11.3 Å². The lowest BCUT2D eigenvalue weighted by molar-refractivity contribution is -0.128. The Morgan fingerprint density at radius 3 is 2.84 bits per heavy atom. The van der Waals surface area contributed by atoms with Gasteiger partial charge in [-0.1, -0.05) is 11.8 Å². The van der Waals surface area contributed by atoms with Crippen LogP contribution >= 0.6 is 0 Å². The second kappa shape index (κ2) is 7.09. The van der Waals surface area contributed by atoms with Crippen molar-refractivity contribution in [2.45, 2.75) is 51.1 Å². The molecule has 1 aromatic heterocycles. The molecule has 31 heavy (non-hydrogen) atoms. The van der Waals surface area contributed by atoms with Gasteiger partial charge in [0, 0.05) is 18.5 Å². The summed E-state index contributed by atoms with van der Waals surface area (Å²) < 4.78 is 13.6. The van der Waals surface area contributed by atoms with Crippen LogP contribution in [0.15, 0.2) is 18.2 Å². The smallest absolute Gasteiger partial charge is 0.222 e. The standard InChI is InChI=1S/C23H26N4O4/c1-22(2,29)8-7-15-5-6-18-16(12-15)21-25-20(23(24)14-31-23)17(27(21)10-11-30-18)13-26-9-3-4-19(26)28/h5-6,12,29H,3-4,9-11,13-14,24H2,1-2H3. The molecule has 0 radical (unpaired) electrons. The van der Waals surface area contributed by atoms with Crippen LogP contribution in [0.25, 0.3) is 11.4 Å². The van der Waals surface area contributed by atoms with Gasteiger partial charge in [-0.3, -0.25) is 10.5 Å². The fourth-order valence-electron chi connectivity index (χ4n) is 4.08. The Bertz CT molecular complexity index is 1120. The first-order valence-electron chi connectivity index (χ1n) is 10.6. The quantitative estimate of drug-likeness (QED) is 0.571. The lowest BCUT2D eigenvalue weighted by Gasteiger charge is -2.19. The Morgan fingerprint density at radius 1 is 1.35 bits per heavy atom. The monoisotopic (exact) mass is 422 g/mol. The maximum absolute atomic E-state index is 12.3. The van der Waals surface area contributed by atoms with Crippen LogP contribution in [0.1, 0.15) is 43.6 Å². The number of nitrogens with two attached hydrogens (primary N) is 1. The average Bonchev–Trinajstić information content (AvgIpc) is 3.24. The van der Waals surface area contributed by atoms with Gasteiger partial charge in [0.25, 0.3) is 0 Å². The van der Waals surface area contributed by atoms with E-state index in [-0.39, 0.29) is 5.91 Å². The van der Waals surface area contributed by atoms with Crippen LogP contribution in [0.4, 0.5) is 0 Å².